The second-order valence-corrected chi connectivity index (χ2v) is 8.30. The quantitative estimate of drug-likeness (QED) is 0.300. The molecule has 0 aromatic heterocycles. The summed E-state index contributed by atoms with van der Waals surface area (Å²) in [4.78, 5) is 4.80. The van der Waals surface area contributed by atoms with Crippen LogP contribution in [0.5, 0.6) is 11.5 Å². The lowest BCUT2D eigenvalue weighted by Crippen LogP contribution is -2.56. The predicted octanol–water partition coefficient (Wildman–Crippen LogP) is 6.53. The Morgan fingerprint density at radius 3 is 1.58 bits per heavy atom. The van der Waals surface area contributed by atoms with E-state index in [9.17, 15) is 0 Å². The fourth-order valence-corrected chi connectivity index (χ4v) is 5.06. The Balaban J connectivity index is 1.61. The zero-order valence-corrected chi connectivity index (χ0v) is 17.6. The summed E-state index contributed by atoms with van der Waals surface area (Å²) in [7, 11) is 0. The Kier molecular flexibility index (Phi) is 3.65. The maximum Gasteiger partial charge on any atom is 0.346 e. The zero-order chi connectivity index (χ0) is 21.9. The molecule has 2 heterocycles. The summed E-state index contributed by atoms with van der Waals surface area (Å²) >= 11 is 0. The number of aliphatic imine (C=N–C) groups is 1. The standard InChI is InChI=1S/C29H19NO3/c1-3-11-20(12-4-1)28-29(31-19-30-28,21-13-5-2-6-14-21)33-27-25-18-10-8-16-23(25)22-15-7-9-17-24(22)26(27)32-28/h1-19H. The lowest BCUT2D eigenvalue weighted by molar-refractivity contribution is -0.244. The number of rotatable bonds is 2. The van der Waals surface area contributed by atoms with Gasteiger partial charge < -0.3 is 14.2 Å². The van der Waals surface area contributed by atoms with Crippen molar-refractivity contribution in [2.45, 2.75) is 11.5 Å². The predicted molar refractivity (Wildman–Crippen MR) is 129 cm³/mol. The molecule has 0 saturated heterocycles. The Morgan fingerprint density at radius 1 is 0.485 bits per heavy atom. The van der Waals surface area contributed by atoms with Crippen molar-refractivity contribution >= 4 is 27.9 Å². The Bertz CT molecular complexity index is 1550. The highest BCUT2D eigenvalue weighted by Gasteiger charge is 2.67. The molecule has 0 amide bonds. The van der Waals surface area contributed by atoms with Gasteiger partial charge in [0.05, 0.1) is 0 Å². The SMILES string of the molecule is C1=NC2(c3ccccc3)Oc3c(c4ccccc4c4ccccc34)OC2(c2ccccc2)O1. The first-order valence-corrected chi connectivity index (χ1v) is 11.0. The van der Waals surface area contributed by atoms with E-state index in [4.69, 9.17) is 19.2 Å². The molecular weight excluding hydrogens is 410 g/mol. The van der Waals surface area contributed by atoms with E-state index in [1.807, 2.05) is 84.9 Å². The molecule has 5 aromatic carbocycles. The second kappa shape index (κ2) is 6.59. The zero-order valence-electron chi connectivity index (χ0n) is 17.6. The van der Waals surface area contributed by atoms with E-state index in [0.29, 0.717) is 11.5 Å². The molecule has 0 fully saturated rings. The summed E-state index contributed by atoms with van der Waals surface area (Å²) in [6, 6.07) is 36.3. The molecular formula is C29H19NO3. The summed E-state index contributed by atoms with van der Waals surface area (Å²) in [5.41, 5.74) is 0.438. The van der Waals surface area contributed by atoms with E-state index in [0.717, 1.165) is 32.7 Å². The molecule has 7 rings (SSSR count). The van der Waals surface area contributed by atoms with Gasteiger partial charge in [0.15, 0.2) is 17.9 Å². The molecule has 0 saturated carbocycles. The van der Waals surface area contributed by atoms with Crippen LogP contribution in [0, 0.1) is 0 Å². The van der Waals surface area contributed by atoms with E-state index in [2.05, 4.69) is 24.3 Å². The van der Waals surface area contributed by atoms with Crippen molar-refractivity contribution in [1.29, 1.82) is 0 Å². The first-order chi connectivity index (χ1) is 16.3. The molecule has 0 bridgehead atoms. The molecule has 0 aliphatic carbocycles. The van der Waals surface area contributed by atoms with Crippen molar-refractivity contribution in [2.24, 2.45) is 4.99 Å². The summed E-state index contributed by atoms with van der Waals surface area (Å²) in [6.45, 7) is 0. The van der Waals surface area contributed by atoms with Crippen molar-refractivity contribution in [3.8, 4) is 11.5 Å². The van der Waals surface area contributed by atoms with Crippen LogP contribution in [0.15, 0.2) is 114 Å². The third kappa shape index (κ3) is 2.32. The topological polar surface area (TPSA) is 40.0 Å². The van der Waals surface area contributed by atoms with Gasteiger partial charge in [-0.3, -0.25) is 0 Å². The number of nitrogens with zero attached hydrogens (tertiary/aromatic N) is 1. The molecule has 33 heavy (non-hydrogen) atoms. The van der Waals surface area contributed by atoms with Crippen molar-refractivity contribution < 1.29 is 14.2 Å². The van der Waals surface area contributed by atoms with Crippen LogP contribution in [0.1, 0.15) is 11.1 Å². The summed E-state index contributed by atoms with van der Waals surface area (Å²) < 4.78 is 20.2. The number of hydrogen-bond acceptors (Lipinski definition) is 4. The highest BCUT2D eigenvalue weighted by molar-refractivity contribution is 6.14. The van der Waals surface area contributed by atoms with Crippen LogP contribution in [0.4, 0.5) is 0 Å². The highest BCUT2D eigenvalue weighted by atomic mass is 16.8. The summed E-state index contributed by atoms with van der Waals surface area (Å²) in [5.74, 6) is 0.0148. The van der Waals surface area contributed by atoms with E-state index >= 15 is 0 Å². The number of ether oxygens (including phenoxy) is 3. The van der Waals surface area contributed by atoms with Crippen LogP contribution < -0.4 is 9.47 Å². The van der Waals surface area contributed by atoms with Gasteiger partial charge in [0, 0.05) is 21.9 Å². The molecule has 2 atom stereocenters. The minimum Gasteiger partial charge on any atom is -0.449 e. The van der Waals surface area contributed by atoms with Crippen molar-refractivity contribution in [3.05, 3.63) is 120 Å². The molecule has 4 heteroatoms. The van der Waals surface area contributed by atoms with E-state index in [1.54, 1.807) is 0 Å². The minimum absolute atomic E-state index is 0.658. The van der Waals surface area contributed by atoms with Gasteiger partial charge in [-0.25, -0.2) is 0 Å². The molecule has 0 radical (unpaired) electrons. The van der Waals surface area contributed by atoms with E-state index < -0.39 is 11.5 Å². The smallest absolute Gasteiger partial charge is 0.346 e. The Morgan fingerprint density at radius 2 is 0.970 bits per heavy atom. The second-order valence-electron chi connectivity index (χ2n) is 8.30. The van der Waals surface area contributed by atoms with Gasteiger partial charge in [0.25, 0.3) is 0 Å². The first kappa shape index (κ1) is 18.3. The molecule has 5 aromatic rings. The van der Waals surface area contributed by atoms with Crippen LogP contribution >= 0.6 is 0 Å². The lowest BCUT2D eigenvalue weighted by atomic mass is 9.86. The Labute approximate surface area is 190 Å². The van der Waals surface area contributed by atoms with Gasteiger partial charge in [0.1, 0.15) is 0 Å². The monoisotopic (exact) mass is 429 g/mol. The summed E-state index contributed by atoms with van der Waals surface area (Å²) in [5, 5.41) is 4.16. The molecule has 158 valence electrons. The van der Waals surface area contributed by atoms with Gasteiger partial charge >= 0.3 is 11.5 Å². The highest BCUT2D eigenvalue weighted by Crippen LogP contribution is 2.59. The average Bonchev–Trinajstić information content (AvgIpc) is 3.30. The normalized spacial score (nSPS) is 22.8. The van der Waals surface area contributed by atoms with Crippen molar-refractivity contribution in [3.63, 3.8) is 0 Å². The van der Waals surface area contributed by atoms with Gasteiger partial charge in [0.2, 0.25) is 0 Å². The minimum atomic E-state index is -1.31. The van der Waals surface area contributed by atoms with Gasteiger partial charge in [-0.2, -0.15) is 4.99 Å². The van der Waals surface area contributed by atoms with Crippen LogP contribution in [0.3, 0.4) is 0 Å². The van der Waals surface area contributed by atoms with E-state index in [-0.39, 0.29) is 0 Å². The molecule has 4 nitrogen and oxygen atoms in total. The molecule has 0 spiro atoms. The fraction of sp³-hybridized carbons (Fsp3) is 0.0690. The number of benzene rings is 5. The Hall–Kier alpha value is -4.31. The van der Waals surface area contributed by atoms with Crippen molar-refractivity contribution in [2.75, 3.05) is 0 Å². The number of fused-ring (bicyclic) bond motifs is 7. The average molecular weight is 429 g/mol. The number of hydrogen-bond donors (Lipinski definition) is 0. The molecule has 0 N–H and O–H groups in total. The lowest BCUT2D eigenvalue weighted by Gasteiger charge is -2.46. The maximum absolute atomic E-state index is 6.96. The third-order valence-electron chi connectivity index (χ3n) is 6.55. The fourth-order valence-electron chi connectivity index (χ4n) is 5.06. The van der Waals surface area contributed by atoms with Gasteiger partial charge in [-0.05, 0) is 10.8 Å². The molecule has 2 aliphatic rings. The van der Waals surface area contributed by atoms with Crippen LogP contribution in [0.2, 0.25) is 0 Å². The van der Waals surface area contributed by atoms with Crippen LogP contribution in [0.25, 0.3) is 21.5 Å². The van der Waals surface area contributed by atoms with Crippen molar-refractivity contribution in [1.82, 2.24) is 0 Å². The first-order valence-electron chi connectivity index (χ1n) is 11.0. The van der Waals surface area contributed by atoms with Gasteiger partial charge in [-0.1, -0.05) is 109 Å². The van der Waals surface area contributed by atoms with E-state index in [1.165, 1.54) is 6.40 Å². The largest absolute Gasteiger partial charge is 0.449 e. The van der Waals surface area contributed by atoms with Gasteiger partial charge in [-0.15, -0.1) is 0 Å². The third-order valence-corrected chi connectivity index (χ3v) is 6.55. The molecule has 2 aliphatic heterocycles. The molecule has 2 unspecified atom stereocenters. The maximum atomic E-state index is 6.96. The summed E-state index contributed by atoms with van der Waals surface area (Å²) in [6.07, 6.45) is 1.45. The van der Waals surface area contributed by atoms with Crippen LogP contribution in [-0.4, -0.2) is 6.40 Å². The van der Waals surface area contributed by atoms with Crippen LogP contribution in [-0.2, 0) is 16.2 Å².